The van der Waals surface area contributed by atoms with E-state index in [2.05, 4.69) is 16.9 Å². The molecule has 3 heterocycles. The van der Waals surface area contributed by atoms with E-state index >= 15 is 0 Å². The summed E-state index contributed by atoms with van der Waals surface area (Å²) in [4.78, 5) is 20.4. The third-order valence-corrected chi connectivity index (χ3v) is 6.38. The summed E-state index contributed by atoms with van der Waals surface area (Å²) < 4.78 is 19.0. The van der Waals surface area contributed by atoms with E-state index in [-0.39, 0.29) is 17.3 Å². The van der Waals surface area contributed by atoms with Crippen LogP contribution >= 0.6 is 11.6 Å². The van der Waals surface area contributed by atoms with Gasteiger partial charge in [0.05, 0.1) is 5.02 Å². The molecule has 140 valence electrons. The van der Waals surface area contributed by atoms with Gasteiger partial charge in [-0.2, -0.15) is 0 Å². The highest BCUT2D eigenvalue weighted by molar-refractivity contribution is 6.38. The third kappa shape index (κ3) is 3.00. The van der Waals surface area contributed by atoms with Crippen LogP contribution < -0.4 is 0 Å². The molecular weight excluding hydrogens is 357 g/mol. The molecule has 0 saturated carbocycles. The van der Waals surface area contributed by atoms with E-state index in [1.165, 1.54) is 12.1 Å². The van der Waals surface area contributed by atoms with E-state index in [1.54, 1.807) is 6.07 Å². The molecule has 2 aliphatic rings. The summed E-state index contributed by atoms with van der Waals surface area (Å²) in [6.45, 7) is 3.70. The molecule has 0 atom stereocenters. The minimum Gasteiger partial charge on any atom is -0.381 e. The molecule has 1 aromatic heterocycles. The molecule has 7 heteroatoms. The van der Waals surface area contributed by atoms with E-state index < -0.39 is 0 Å². The van der Waals surface area contributed by atoms with Gasteiger partial charge in [-0.1, -0.05) is 11.6 Å². The van der Waals surface area contributed by atoms with Crippen molar-refractivity contribution in [2.24, 2.45) is 0 Å². The van der Waals surface area contributed by atoms with E-state index in [1.807, 2.05) is 4.90 Å². The number of likely N-dealkylation sites (N-methyl/N-ethyl adjacent to an activating group) is 1. The number of fused-ring (bicyclic) bond motifs is 1. The Morgan fingerprint density at radius 2 is 2.00 bits per heavy atom. The zero-order chi connectivity index (χ0) is 18.3. The van der Waals surface area contributed by atoms with Crippen LogP contribution in [0.15, 0.2) is 18.2 Å². The van der Waals surface area contributed by atoms with Crippen LogP contribution in [0.25, 0.3) is 10.9 Å². The lowest BCUT2D eigenvalue weighted by molar-refractivity contribution is -0.0158. The van der Waals surface area contributed by atoms with Crippen molar-refractivity contribution in [1.29, 1.82) is 0 Å². The summed E-state index contributed by atoms with van der Waals surface area (Å²) >= 11 is 6.38. The second kappa shape index (κ2) is 6.83. The van der Waals surface area contributed by atoms with Crippen LogP contribution in [-0.2, 0) is 4.74 Å². The fourth-order valence-electron chi connectivity index (χ4n) is 4.18. The maximum absolute atomic E-state index is 13.5. The Kier molecular flexibility index (Phi) is 4.67. The molecule has 2 saturated heterocycles. The van der Waals surface area contributed by atoms with Gasteiger partial charge in [0, 0.05) is 49.3 Å². The number of halogens is 2. The molecule has 2 fully saturated rings. The molecule has 0 bridgehead atoms. The van der Waals surface area contributed by atoms with E-state index in [0.29, 0.717) is 34.7 Å². The second-order valence-electron chi connectivity index (χ2n) is 7.30. The van der Waals surface area contributed by atoms with Gasteiger partial charge in [0.25, 0.3) is 5.91 Å². The number of aromatic amines is 1. The monoisotopic (exact) mass is 379 g/mol. The highest BCUT2D eigenvalue weighted by Gasteiger charge is 2.39. The van der Waals surface area contributed by atoms with Gasteiger partial charge in [0.1, 0.15) is 11.5 Å². The minimum atomic E-state index is -0.366. The Hall–Kier alpha value is -1.63. The first kappa shape index (κ1) is 17.8. The number of ether oxygens (including phenoxy) is 1. The van der Waals surface area contributed by atoms with Crippen molar-refractivity contribution in [1.82, 2.24) is 14.8 Å². The summed E-state index contributed by atoms with van der Waals surface area (Å²) in [6.07, 6.45) is 2.92. The molecule has 1 spiro atoms. The Morgan fingerprint density at radius 3 is 2.77 bits per heavy atom. The molecular formula is C19H23ClFN3O2. The molecule has 1 aromatic carbocycles. The van der Waals surface area contributed by atoms with Crippen LogP contribution in [-0.4, -0.2) is 66.1 Å². The zero-order valence-corrected chi connectivity index (χ0v) is 15.6. The van der Waals surface area contributed by atoms with Crippen LogP contribution in [0, 0.1) is 5.82 Å². The van der Waals surface area contributed by atoms with Crippen molar-refractivity contribution in [2.45, 2.75) is 24.8 Å². The number of hydrogen-bond donors (Lipinski definition) is 1. The smallest absolute Gasteiger partial charge is 0.271 e. The van der Waals surface area contributed by atoms with Crippen LogP contribution in [0.5, 0.6) is 0 Å². The van der Waals surface area contributed by atoms with Gasteiger partial charge in [-0.15, -0.1) is 0 Å². The number of H-pyrrole nitrogens is 1. The lowest BCUT2D eigenvalue weighted by Crippen LogP contribution is -2.50. The standard InChI is InChI=1S/C19H23ClFN3O2/c1-23-8-9-24(7-4-19(23)5-10-26-11-6-19)18(25)17-16(20)14-12-13(21)2-3-15(14)22-17/h2-3,12,22H,4-11H2,1H3. The highest BCUT2D eigenvalue weighted by Crippen LogP contribution is 2.34. The van der Waals surface area contributed by atoms with E-state index in [9.17, 15) is 9.18 Å². The second-order valence-corrected chi connectivity index (χ2v) is 7.68. The van der Waals surface area contributed by atoms with Gasteiger partial charge in [0.15, 0.2) is 0 Å². The SMILES string of the molecule is CN1CCN(C(=O)c2[nH]c3ccc(F)cc3c2Cl)CCC12CCOCC2. The molecule has 1 N–H and O–H groups in total. The van der Waals surface area contributed by atoms with Crippen molar-refractivity contribution in [3.05, 3.63) is 34.7 Å². The predicted molar refractivity (Wildman–Crippen MR) is 99.2 cm³/mol. The van der Waals surface area contributed by atoms with Crippen molar-refractivity contribution < 1.29 is 13.9 Å². The Labute approximate surface area is 157 Å². The zero-order valence-electron chi connectivity index (χ0n) is 14.9. The summed E-state index contributed by atoms with van der Waals surface area (Å²) in [5.41, 5.74) is 1.13. The number of rotatable bonds is 1. The number of nitrogens with one attached hydrogen (secondary N) is 1. The molecule has 1 amide bonds. The number of carbonyl (C=O) groups is 1. The number of hydrogen-bond acceptors (Lipinski definition) is 3. The number of nitrogens with zero attached hydrogens (tertiary/aromatic N) is 2. The highest BCUT2D eigenvalue weighted by atomic mass is 35.5. The largest absolute Gasteiger partial charge is 0.381 e. The molecule has 0 radical (unpaired) electrons. The van der Waals surface area contributed by atoms with Gasteiger partial charge >= 0.3 is 0 Å². The molecule has 0 aliphatic carbocycles. The van der Waals surface area contributed by atoms with E-state index in [0.717, 1.165) is 39.0 Å². The van der Waals surface area contributed by atoms with Gasteiger partial charge in [-0.25, -0.2) is 4.39 Å². The lowest BCUT2D eigenvalue weighted by atomic mass is 9.85. The third-order valence-electron chi connectivity index (χ3n) is 5.98. The maximum Gasteiger partial charge on any atom is 0.271 e. The predicted octanol–water partition coefficient (Wildman–Crippen LogP) is 3.29. The van der Waals surface area contributed by atoms with Crippen LogP contribution in [0.3, 0.4) is 0 Å². The van der Waals surface area contributed by atoms with Crippen molar-refractivity contribution in [3.8, 4) is 0 Å². The topological polar surface area (TPSA) is 48.6 Å². The summed E-state index contributed by atoms with van der Waals surface area (Å²) in [7, 11) is 2.14. The van der Waals surface area contributed by atoms with Gasteiger partial charge in [-0.05, 0) is 44.5 Å². The first-order valence-electron chi connectivity index (χ1n) is 9.05. The quantitative estimate of drug-likeness (QED) is 0.827. The summed E-state index contributed by atoms with van der Waals surface area (Å²) in [5.74, 6) is -0.487. The van der Waals surface area contributed by atoms with Crippen molar-refractivity contribution in [2.75, 3.05) is 39.9 Å². The molecule has 0 unspecified atom stereocenters. The summed E-state index contributed by atoms with van der Waals surface area (Å²) in [5, 5.41) is 0.839. The maximum atomic E-state index is 13.5. The van der Waals surface area contributed by atoms with Crippen LogP contribution in [0.2, 0.25) is 5.02 Å². The van der Waals surface area contributed by atoms with Crippen LogP contribution in [0.4, 0.5) is 4.39 Å². The van der Waals surface area contributed by atoms with Gasteiger partial charge in [-0.3, -0.25) is 9.69 Å². The van der Waals surface area contributed by atoms with Crippen molar-refractivity contribution >= 4 is 28.4 Å². The van der Waals surface area contributed by atoms with Crippen LogP contribution in [0.1, 0.15) is 29.8 Å². The summed E-state index contributed by atoms with van der Waals surface area (Å²) in [6, 6.07) is 4.33. The first-order chi connectivity index (χ1) is 12.5. The molecule has 26 heavy (non-hydrogen) atoms. The number of aromatic nitrogens is 1. The Balaban J connectivity index is 1.58. The Bertz CT molecular complexity index is 832. The average Bonchev–Trinajstić information content (AvgIpc) is 2.89. The molecule has 4 rings (SSSR count). The fraction of sp³-hybridized carbons (Fsp3) is 0.526. The first-order valence-corrected chi connectivity index (χ1v) is 9.43. The molecule has 2 aromatic rings. The van der Waals surface area contributed by atoms with Crippen molar-refractivity contribution in [3.63, 3.8) is 0 Å². The van der Waals surface area contributed by atoms with E-state index in [4.69, 9.17) is 16.3 Å². The normalized spacial score (nSPS) is 21.3. The molecule has 2 aliphatic heterocycles. The fourth-order valence-corrected chi connectivity index (χ4v) is 4.46. The lowest BCUT2D eigenvalue weighted by Gasteiger charge is -2.43. The minimum absolute atomic E-state index is 0.112. The van der Waals surface area contributed by atoms with Gasteiger partial charge in [0.2, 0.25) is 0 Å². The van der Waals surface area contributed by atoms with Gasteiger partial charge < -0.3 is 14.6 Å². The number of carbonyl (C=O) groups excluding carboxylic acids is 1. The number of amides is 1. The Morgan fingerprint density at radius 1 is 1.23 bits per heavy atom. The number of benzene rings is 1. The molecule has 5 nitrogen and oxygen atoms in total. The average molecular weight is 380 g/mol.